The first kappa shape index (κ1) is 9.89. The smallest absolute Gasteiger partial charge is 0.167 e. The van der Waals surface area contributed by atoms with Crippen molar-refractivity contribution >= 4 is 0 Å². The van der Waals surface area contributed by atoms with Gasteiger partial charge < -0.3 is 4.57 Å². The standard InChI is InChI=1S/C10H15N5/c1-4-5-15-7-11-13-10(15)9-6-12-14(3)8(9)2/h6-7H,4-5H2,1-3H3. The average molecular weight is 205 g/mol. The van der Waals surface area contributed by atoms with E-state index in [2.05, 4.69) is 26.8 Å². The van der Waals surface area contributed by atoms with E-state index >= 15 is 0 Å². The fraction of sp³-hybridized carbons (Fsp3) is 0.500. The second-order valence-corrected chi connectivity index (χ2v) is 3.62. The van der Waals surface area contributed by atoms with Gasteiger partial charge in [-0.25, -0.2) is 0 Å². The maximum Gasteiger partial charge on any atom is 0.167 e. The quantitative estimate of drug-likeness (QED) is 0.761. The maximum atomic E-state index is 4.21. The second-order valence-electron chi connectivity index (χ2n) is 3.62. The summed E-state index contributed by atoms with van der Waals surface area (Å²) < 4.78 is 3.91. The molecule has 0 atom stereocenters. The molecule has 5 nitrogen and oxygen atoms in total. The van der Waals surface area contributed by atoms with E-state index in [-0.39, 0.29) is 0 Å². The van der Waals surface area contributed by atoms with Gasteiger partial charge in [-0.05, 0) is 13.3 Å². The SMILES string of the molecule is CCCn1cnnc1-c1cnn(C)c1C. The predicted octanol–water partition coefficient (Wildman–Crippen LogP) is 1.40. The minimum absolute atomic E-state index is 0.905. The molecule has 0 radical (unpaired) electrons. The van der Waals surface area contributed by atoms with Crippen LogP contribution in [0.25, 0.3) is 11.4 Å². The zero-order chi connectivity index (χ0) is 10.8. The van der Waals surface area contributed by atoms with Crippen molar-refractivity contribution < 1.29 is 0 Å². The summed E-state index contributed by atoms with van der Waals surface area (Å²) in [4.78, 5) is 0. The molecule has 5 heteroatoms. The van der Waals surface area contributed by atoms with Crippen LogP contribution in [-0.2, 0) is 13.6 Å². The van der Waals surface area contributed by atoms with Gasteiger partial charge in [0, 0.05) is 19.3 Å². The number of rotatable bonds is 3. The molecule has 2 aromatic heterocycles. The van der Waals surface area contributed by atoms with Crippen LogP contribution in [0.4, 0.5) is 0 Å². The summed E-state index contributed by atoms with van der Waals surface area (Å²) in [6.07, 6.45) is 4.68. The van der Waals surface area contributed by atoms with Gasteiger partial charge >= 0.3 is 0 Å². The average Bonchev–Trinajstić information content (AvgIpc) is 2.77. The number of aryl methyl sites for hydroxylation is 2. The number of hydrogen-bond acceptors (Lipinski definition) is 3. The Bertz CT molecular complexity index is 454. The van der Waals surface area contributed by atoms with Gasteiger partial charge in [-0.2, -0.15) is 5.10 Å². The minimum atomic E-state index is 0.905. The Kier molecular flexibility index (Phi) is 2.53. The number of nitrogens with zero attached hydrogens (tertiary/aromatic N) is 5. The lowest BCUT2D eigenvalue weighted by molar-refractivity contribution is 0.682. The van der Waals surface area contributed by atoms with Crippen molar-refractivity contribution in [3.05, 3.63) is 18.2 Å². The summed E-state index contributed by atoms with van der Waals surface area (Å²) in [6.45, 7) is 5.11. The zero-order valence-corrected chi connectivity index (χ0v) is 9.30. The van der Waals surface area contributed by atoms with Crippen molar-refractivity contribution in [3.8, 4) is 11.4 Å². The molecule has 2 rings (SSSR count). The molecule has 0 saturated heterocycles. The molecule has 0 amide bonds. The Balaban J connectivity index is 2.44. The molecule has 0 aliphatic rings. The van der Waals surface area contributed by atoms with Gasteiger partial charge in [0.1, 0.15) is 6.33 Å². The van der Waals surface area contributed by atoms with Crippen LogP contribution in [0, 0.1) is 6.92 Å². The Morgan fingerprint density at radius 1 is 1.40 bits per heavy atom. The first-order valence-corrected chi connectivity index (χ1v) is 5.10. The third kappa shape index (κ3) is 1.65. The summed E-state index contributed by atoms with van der Waals surface area (Å²) in [5, 5.41) is 12.3. The van der Waals surface area contributed by atoms with Crippen molar-refractivity contribution in [3.63, 3.8) is 0 Å². The molecule has 0 saturated carbocycles. The molecule has 2 heterocycles. The van der Waals surface area contributed by atoms with Gasteiger partial charge in [0.05, 0.1) is 11.8 Å². The zero-order valence-electron chi connectivity index (χ0n) is 9.30. The fourth-order valence-electron chi connectivity index (χ4n) is 1.59. The molecule has 0 aromatic carbocycles. The second kappa shape index (κ2) is 3.84. The van der Waals surface area contributed by atoms with Crippen molar-refractivity contribution in [1.82, 2.24) is 24.5 Å². The topological polar surface area (TPSA) is 48.5 Å². The molecular weight excluding hydrogens is 190 g/mol. The Morgan fingerprint density at radius 3 is 2.80 bits per heavy atom. The lowest BCUT2D eigenvalue weighted by Gasteiger charge is -2.03. The lowest BCUT2D eigenvalue weighted by atomic mass is 10.2. The van der Waals surface area contributed by atoms with Crippen molar-refractivity contribution in [2.75, 3.05) is 0 Å². The van der Waals surface area contributed by atoms with Crippen molar-refractivity contribution in [2.45, 2.75) is 26.8 Å². The van der Waals surface area contributed by atoms with Crippen molar-refractivity contribution in [1.29, 1.82) is 0 Å². The lowest BCUT2D eigenvalue weighted by Crippen LogP contribution is -1.99. The van der Waals surface area contributed by atoms with Gasteiger partial charge in [-0.3, -0.25) is 4.68 Å². The molecule has 0 bridgehead atoms. The molecule has 2 aromatic rings. The summed E-state index contributed by atoms with van der Waals surface area (Å²) in [6, 6.07) is 0. The molecule has 80 valence electrons. The van der Waals surface area contributed by atoms with E-state index in [1.54, 1.807) is 6.33 Å². The van der Waals surface area contributed by atoms with Gasteiger partial charge in [0.25, 0.3) is 0 Å². The minimum Gasteiger partial charge on any atom is -0.314 e. The summed E-state index contributed by atoms with van der Waals surface area (Å²) in [5.41, 5.74) is 2.17. The van der Waals surface area contributed by atoms with E-state index < -0.39 is 0 Å². The molecular formula is C10H15N5. The van der Waals surface area contributed by atoms with Crippen LogP contribution < -0.4 is 0 Å². The predicted molar refractivity (Wildman–Crippen MR) is 57.3 cm³/mol. The largest absolute Gasteiger partial charge is 0.314 e. The van der Waals surface area contributed by atoms with E-state index in [9.17, 15) is 0 Å². The Labute approximate surface area is 88.7 Å². The van der Waals surface area contributed by atoms with Gasteiger partial charge in [-0.1, -0.05) is 6.92 Å². The highest BCUT2D eigenvalue weighted by Crippen LogP contribution is 2.19. The van der Waals surface area contributed by atoms with E-state index in [0.717, 1.165) is 30.0 Å². The Hall–Kier alpha value is -1.65. The van der Waals surface area contributed by atoms with Crippen LogP contribution in [0.1, 0.15) is 19.0 Å². The van der Waals surface area contributed by atoms with E-state index in [1.165, 1.54) is 0 Å². The monoisotopic (exact) mass is 205 g/mol. The third-order valence-corrected chi connectivity index (χ3v) is 2.56. The molecule has 0 unspecified atom stereocenters. The normalized spacial score (nSPS) is 10.9. The first-order valence-electron chi connectivity index (χ1n) is 5.10. The highest BCUT2D eigenvalue weighted by Gasteiger charge is 2.12. The summed E-state index contributed by atoms with van der Waals surface area (Å²) in [7, 11) is 1.93. The Morgan fingerprint density at radius 2 is 2.20 bits per heavy atom. The third-order valence-electron chi connectivity index (χ3n) is 2.56. The van der Waals surface area contributed by atoms with E-state index in [0.29, 0.717) is 0 Å². The van der Waals surface area contributed by atoms with Crippen LogP contribution in [0.2, 0.25) is 0 Å². The van der Waals surface area contributed by atoms with E-state index in [4.69, 9.17) is 0 Å². The maximum absolute atomic E-state index is 4.21. The van der Waals surface area contributed by atoms with Crippen LogP contribution in [0.5, 0.6) is 0 Å². The fourth-order valence-corrected chi connectivity index (χ4v) is 1.59. The summed E-state index contributed by atoms with van der Waals surface area (Å²) >= 11 is 0. The molecule has 15 heavy (non-hydrogen) atoms. The van der Waals surface area contributed by atoms with Gasteiger partial charge in [-0.15, -0.1) is 10.2 Å². The van der Waals surface area contributed by atoms with Crippen LogP contribution >= 0.6 is 0 Å². The van der Waals surface area contributed by atoms with E-state index in [1.807, 2.05) is 24.9 Å². The van der Waals surface area contributed by atoms with Gasteiger partial charge in [0.2, 0.25) is 0 Å². The van der Waals surface area contributed by atoms with Crippen LogP contribution in [0.3, 0.4) is 0 Å². The first-order chi connectivity index (χ1) is 7.24. The highest BCUT2D eigenvalue weighted by molar-refractivity contribution is 5.56. The molecule has 0 aliphatic carbocycles. The molecule has 0 N–H and O–H groups in total. The molecule has 0 aliphatic heterocycles. The number of hydrogen-bond donors (Lipinski definition) is 0. The molecule has 0 spiro atoms. The van der Waals surface area contributed by atoms with Gasteiger partial charge in [0.15, 0.2) is 5.82 Å². The summed E-state index contributed by atoms with van der Waals surface area (Å²) in [5.74, 6) is 0.905. The van der Waals surface area contributed by atoms with Crippen molar-refractivity contribution in [2.24, 2.45) is 7.05 Å². The molecule has 0 fully saturated rings. The highest BCUT2D eigenvalue weighted by atomic mass is 15.3. The van der Waals surface area contributed by atoms with Crippen LogP contribution in [0.15, 0.2) is 12.5 Å². The number of aromatic nitrogens is 5. The van der Waals surface area contributed by atoms with Crippen LogP contribution in [-0.4, -0.2) is 24.5 Å².